The molecule has 2 atom stereocenters. The maximum absolute atomic E-state index is 13.3. The summed E-state index contributed by atoms with van der Waals surface area (Å²) in [5.74, 6) is -0.943. The molecule has 2 aromatic rings. The molecule has 0 aromatic heterocycles. The first-order valence-electron chi connectivity index (χ1n) is 8.28. The molecule has 1 saturated heterocycles. The summed E-state index contributed by atoms with van der Waals surface area (Å²) in [6, 6.07) is 14.7. The van der Waals surface area contributed by atoms with Gasteiger partial charge in [0.25, 0.3) is 0 Å². The number of fused-ring (bicyclic) bond motifs is 1. The van der Waals surface area contributed by atoms with E-state index in [0.717, 1.165) is 5.56 Å². The van der Waals surface area contributed by atoms with Crippen molar-refractivity contribution in [3.63, 3.8) is 0 Å². The molecule has 27 heavy (non-hydrogen) atoms. The van der Waals surface area contributed by atoms with Crippen molar-refractivity contribution < 1.29 is 14.3 Å². The zero-order chi connectivity index (χ0) is 19.2. The van der Waals surface area contributed by atoms with Crippen molar-refractivity contribution in [2.75, 3.05) is 5.75 Å². The predicted molar refractivity (Wildman–Crippen MR) is 101 cm³/mol. The van der Waals surface area contributed by atoms with Crippen molar-refractivity contribution in [1.29, 1.82) is 5.26 Å². The van der Waals surface area contributed by atoms with Crippen LogP contribution >= 0.6 is 23.4 Å². The molecular weight excluding hydrogens is 387 g/mol. The van der Waals surface area contributed by atoms with Crippen LogP contribution in [0.1, 0.15) is 23.5 Å². The third-order valence-electron chi connectivity index (χ3n) is 4.87. The highest BCUT2D eigenvalue weighted by Gasteiger charge is 2.51. The van der Waals surface area contributed by atoms with Gasteiger partial charge in [0.2, 0.25) is 5.91 Å². The second-order valence-corrected chi connectivity index (χ2v) is 7.88. The second kappa shape index (κ2) is 6.68. The van der Waals surface area contributed by atoms with Crippen LogP contribution in [0.2, 0.25) is 5.02 Å². The van der Waals surface area contributed by atoms with Crippen LogP contribution in [-0.2, 0) is 10.5 Å². The summed E-state index contributed by atoms with van der Waals surface area (Å²) < 4.78 is 13.3. The monoisotopic (exact) mass is 400 g/mol. The summed E-state index contributed by atoms with van der Waals surface area (Å²) in [4.78, 5) is 14.2. The van der Waals surface area contributed by atoms with E-state index in [1.165, 1.54) is 40.9 Å². The maximum atomic E-state index is 13.3. The fourth-order valence-corrected chi connectivity index (χ4v) is 5.12. The van der Waals surface area contributed by atoms with Crippen molar-refractivity contribution >= 4 is 29.3 Å². The van der Waals surface area contributed by atoms with Crippen LogP contribution in [-0.4, -0.2) is 21.7 Å². The van der Waals surface area contributed by atoms with Gasteiger partial charge in [0.05, 0.1) is 22.4 Å². The molecule has 2 heterocycles. The number of thioether (sulfide) groups is 1. The molecule has 2 aliphatic heterocycles. The number of carbonyl (C=O) groups is 1. The molecule has 0 unspecified atom stereocenters. The van der Waals surface area contributed by atoms with Crippen LogP contribution in [0.25, 0.3) is 0 Å². The summed E-state index contributed by atoms with van der Waals surface area (Å²) in [6.45, 7) is 0. The van der Waals surface area contributed by atoms with Crippen LogP contribution < -0.4 is 0 Å². The number of amides is 1. The number of hydrogen-bond donors (Lipinski definition) is 1. The van der Waals surface area contributed by atoms with Gasteiger partial charge in [0.15, 0.2) is 5.72 Å². The third-order valence-corrected chi connectivity index (χ3v) is 6.33. The average molecular weight is 401 g/mol. The number of nitriles is 1. The van der Waals surface area contributed by atoms with E-state index in [2.05, 4.69) is 6.07 Å². The largest absolute Gasteiger partial charge is 0.366 e. The lowest BCUT2D eigenvalue weighted by atomic mass is 9.85. The topological polar surface area (TPSA) is 64.3 Å². The van der Waals surface area contributed by atoms with Crippen LogP contribution in [0.5, 0.6) is 0 Å². The van der Waals surface area contributed by atoms with Gasteiger partial charge in [-0.05, 0) is 29.8 Å². The molecule has 0 bridgehead atoms. The SMILES string of the molecule is N#CC1=C2SC[C@](O)(c3ccc(F)cc3)N2C(=O)C[C@@H]1c1cccc(Cl)c1. The Morgan fingerprint density at radius 3 is 2.70 bits per heavy atom. The maximum Gasteiger partial charge on any atom is 0.231 e. The zero-order valence-electron chi connectivity index (χ0n) is 14.0. The Balaban J connectivity index is 1.81. The molecule has 2 aromatic carbocycles. The van der Waals surface area contributed by atoms with Crippen molar-refractivity contribution in [2.45, 2.75) is 18.1 Å². The summed E-state index contributed by atoms with van der Waals surface area (Å²) >= 11 is 7.33. The predicted octanol–water partition coefficient (Wildman–Crippen LogP) is 4.12. The van der Waals surface area contributed by atoms with E-state index in [4.69, 9.17) is 11.6 Å². The highest BCUT2D eigenvalue weighted by atomic mass is 35.5. The lowest BCUT2D eigenvalue weighted by Crippen LogP contribution is -2.48. The van der Waals surface area contributed by atoms with Crippen molar-refractivity contribution in [1.82, 2.24) is 4.90 Å². The molecule has 1 amide bonds. The smallest absolute Gasteiger partial charge is 0.231 e. The number of allylic oxidation sites excluding steroid dienone is 1. The van der Waals surface area contributed by atoms with E-state index in [0.29, 0.717) is 21.2 Å². The number of aliphatic hydroxyl groups is 1. The molecule has 1 fully saturated rings. The molecule has 0 spiro atoms. The van der Waals surface area contributed by atoms with Gasteiger partial charge in [0, 0.05) is 22.9 Å². The van der Waals surface area contributed by atoms with Gasteiger partial charge < -0.3 is 5.11 Å². The van der Waals surface area contributed by atoms with E-state index >= 15 is 0 Å². The normalized spacial score (nSPS) is 24.7. The number of halogens is 2. The first kappa shape index (κ1) is 18.1. The fraction of sp³-hybridized carbons (Fsp3) is 0.200. The summed E-state index contributed by atoms with van der Waals surface area (Å²) in [5.41, 5.74) is 0.0298. The number of rotatable bonds is 2. The average Bonchev–Trinajstić information content (AvgIpc) is 3.01. The van der Waals surface area contributed by atoms with Gasteiger partial charge in [-0.3, -0.25) is 9.69 Å². The Labute approximate surface area is 164 Å². The quantitative estimate of drug-likeness (QED) is 0.823. The Morgan fingerprint density at radius 1 is 1.30 bits per heavy atom. The number of benzene rings is 2. The highest BCUT2D eigenvalue weighted by molar-refractivity contribution is 8.03. The minimum atomic E-state index is -1.60. The molecule has 4 rings (SSSR count). The minimum absolute atomic E-state index is 0.0524. The van der Waals surface area contributed by atoms with Gasteiger partial charge in [0.1, 0.15) is 5.82 Å². The molecule has 136 valence electrons. The Hall–Kier alpha value is -2.33. The van der Waals surface area contributed by atoms with E-state index < -0.39 is 17.5 Å². The van der Waals surface area contributed by atoms with Gasteiger partial charge in [-0.15, -0.1) is 11.8 Å². The van der Waals surface area contributed by atoms with Crippen molar-refractivity contribution in [2.24, 2.45) is 0 Å². The lowest BCUT2D eigenvalue weighted by Gasteiger charge is -2.38. The first-order valence-corrected chi connectivity index (χ1v) is 9.64. The number of carbonyl (C=O) groups excluding carboxylic acids is 1. The van der Waals surface area contributed by atoms with E-state index in [1.54, 1.807) is 18.2 Å². The lowest BCUT2D eigenvalue weighted by molar-refractivity contribution is -0.149. The van der Waals surface area contributed by atoms with Crippen molar-refractivity contribution in [3.05, 3.63) is 81.1 Å². The molecule has 4 nitrogen and oxygen atoms in total. The Morgan fingerprint density at radius 2 is 2.04 bits per heavy atom. The standard InChI is InChI=1S/C20H14ClFN2O2S/c21-14-3-1-2-12(8-14)16-9-18(25)24-19(17(16)10-23)27-11-20(24,26)13-4-6-15(22)7-5-13/h1-8,16,26H,9,11H2/t16-,20+/m1/s1. The molecule has 0 saturated carbocycles. The van der Waals surface area contributed by atoms with Crippen LogP contribution in [0.15, 0.2) is 59.1 Å². The zero-order valence-corrected chi connectivity index (χ0v) is 15.6. The number of hydrogen-bond acceptors (Lipinski definition) is 4. The van der Waals surface area contributed by atoms with E-state index in [1.807, 2.05) is 6.07 Å². The van der Waals surface area contributed by atoms with Gasteiger partial charge in [-0.1, -0.05) is 35.9 Å². The molecular formula is C20H14ClFN2O2S. The van der Waals surface area contributed by atoms with Gasteiger partial charge in [-0.2, -0.15) is 5.26 Å². The third kappa shape index (κ3) is 2.92. The van der Waals surface area contributed by atoms with Gasteiger partial charge in [-0.25, -0.2) is 4.39 Å². The van der Waals surface area contributed by atoms with Crippen LogP contribution in [0.3, 0.4) is 0 Å². The summed E-state index contributed by atoms with van der Waals surface area (Å²) in [5, 5.41) is 22.0. The fourth-order valence-electron chi connectivity index (χ4n) is 3.56. The molecule has 7 heteroatoms. The molecule has 0 aliphatic carbocycles. The van der Waals surface area contributed by atoms with Crippen molar-refractivity contribution in [3.8, 4) is 6.07 Å². The Kier molecular flexibility index (Phi) is 4.47. The minimum Gasteiger partial charge on any atom is -0.366 e. The first-order chi connectivity index (χ1) is 12.9. The molecule has 0 radical (unpaired) electrons. The summed E-state index contributed by atoms with van der Waals surface area (Å²) in [7, 11) is 0. The summed E-state index contributed by atoms with van der Waals surface area (Å²) in [6.07, 6.45) is 0.0524. The van der Waals surface area contributed by atoms with E-state index in [-0.39, 0.29) is 18.1 Å². The second-order valence-electron chi connectivity index (χ2n) is 6.48. The molecule has 2 aliphatic rings. The highest BCUT2D eigenvalue weighted by Crippen LogP contribution is 2.51. The van der Waals surface area contributed by atoms with Crippen LogP contribution in [0, 0.1) is 17.1 Å². The Bertz CT molecular complexity index is 1000. The van der Waals surface area contributed by atoms with Gasteiger partial charge >= 0.3 is 0 Å². The van der Waals surface area contributed by atoms with E-state index in [9.17, 15) is 19.6 Å². The molecule has 1 N–H and O–H groups in total. The number of nitrogens with zero attached hydrogens (tertiary/aromatic N) is 2. The van der Waals surface area contributed by atoms with Crippen LogP contribution in [0.4, 0.5) is 4.39 Å².